The normalized spacial score (nSPS) is 10.8. The number of aryl methyl sites for hydroxylation is 2. The smallest absolute Gasteiger partial charge is 0.126 e. The standard InChI is InChI=1S/C16H13BrN2S/c1-10-6-7-18-9-14(10)16-19-15(11(2)20-16)12-4-3-5-13(17)8-12/h3-9H,1-2H3. The summed E-state index contributed by atoms with van der Waals surface area (Å²) in [5.41, 5.74) is 4.51. The van der Waals surface area contributed by atoms with Crippen LogP contribution in [0.3, 0.4) is 0 Å². The van der Waals surface area contributed by atoms with Gasteiger partial charge in [-0.25, -0.2) is 4.98 Å². The predicted molar refractivity (Wildman–Crippen MR) is 88.0 cm³/mol. The molecule has 0 aliphatic rings. The van der Waals surface area contributed by atoms with Crippen molar-refractivity contribution in [3.63, 3.8) is 0 Å². The van der Waals surface area contributed by atoms with E-state index in [1.54, 1.807) is 11.3 Å². The van der Waals surface area contributed by atoms with E-state index in [1.807, 2.05) is 30.6 Å². The Bertz CT molecular complexity index is 765. The van der Waals surface area contributed by atoms with E-state index >= 15 is 0 Å². The molecule has 0 fully saturated rings. The Balaban J connectivity index is 2.10. The molecule has 0 aliphatic carbocycles. The Labute approximate surface area is 130 Å². The summed E-state index contributed by atoms with van der Waals surface area (Å²) < 4.78 is 1.07. The van der Waals surface area contributed by atoms with E-state index in [1.165, 1.54) is 10.4 Å². The molecule has 1 aromatic carbocycles. The fourth-order valence-corrected chi connectivity index (χ4v) is 3.51. The highest BCUT2D eigenvalue weighted by molar-refractivity contribution is 9.10. The summed E-state index contributed by atoms with van der Waals surface area (Å²) in [5.74, 6) is 0. The van der Waals surface area contributed by atoms with Gasteiger partial charge in [-0.05, 0) is 37.6 Å². The van der Waals surface area contributed by atoms with Crippen LogP contribution in [0.2, 0.25) is 0 Å². The Kier molecular flexibility index (Phi) is 3.68. The van der Waals surface area contributed by atoms with Gasteiger partial charge < -0.3 is 0 Å². The molecule has 0 aliphatic heterocycles. The fraction of sp³-hybridized carbons (Fsp3) is 0.125. The first-order valence-electron chi connectivity index (χ1n) is 6.29. The summed E-state index contributed by atoms with van der Waals surface area (Å²) in [6.07, 6.45) is 3.70. The summed E-state index contributed by atoms with van der Waals surface area (Å²) in [4.78, 5) is 10.2. The maximum atomic E-state index is 4.81. The van der Waals surface area contributed by atoms with Crippen LogP contribution in [0.4, 0.5) is 0 Å². The fourth-order valence-electron chi connectivity index (χ4n) is 2.10. The van der Waals surface area contributed by atoms with Gasteiger partial charge in [0.05, 0.1) is 5.69 Å². The van der Waals surface area contributed by atoms with Crippen LogP contribution in [0.15, 0.2) is 47.2 Å². The van der Waals surface area contributed by atoms with Crippen LogP contribution < -0.4 is 0 Å². The lowest BCUT2D eigenvalue weighted by Gasteiger charge is -2.00. The third-order valence-corrected chi connectivity index (χ3v) is 4.66. The average Bonchev–Trinajstić information content (AvgIpc) is 2.81. The molecule has 3 rings (SSSR count). The molecule has 0 bridgehead atoms. The van der Waals surface area contributed by atoms with E-state index < -0.39 is 0 Å². The molecule has 4 heteroatoms. The van der Waals surface area contributed by atoms with E-state index in [2.05, 4.69) is 46.9 Å². The lowest BCUT2D eigenvalue weighted by Crippen LogP contribution is -1.85. The number of hydrogen-bond acceptors (Lipinski definition) is 3. The molecule has 0 unspecified atom stereocenters. The Morgan fingerprint density at radius 1 is 1.15 bits per heavy atom. The van der Waals surface area contributed by atoms with E-state index in [9.17, 15) is 0 Å². The molecule has 0 radical (unpaired) electrons. The van der Waals surface area contributed by atoms with Crippen molar-refractivity contribution in [2.24, 2.45) is 0 Å². The minimum absolute atomic E-state index is 1.03. The zero-order valence-electron chi connectivity index (χ0n) is 11.2. The molecule has 2 nitrogen and oxygen atoms in total. The second kappa shape index (κ2) is 5.46. The van der Waals surface area contributed by atoms with Crippen molar-refractivity contribution >= 4 is 27.3 Å². The first-order valence-corrected chi connectivity index (χ1v) is 7.90. The zero-order valence-corrected chi connectivity index (χ0v) is 13.6. The number of nitrogens with zero attached hydrogens (tertiary/aromatic N) is 2. The molecule has 0 N–H and O–H groups in total. The van der Waals surface area contributed by atoms with Gasteiger partial charge in [-0.3, -0.25) is 4.98 Å². The first-order chi connectivity index (χ1) is 9.65. The minimum atomic E-state index is 1.03. The van der Waals surface area contributed by atoms with Crippen LogP contribution in [0, 0.1) is 13.8 Å². The lowest BCUT2D eigenvalue weighted by atomic mass is 10.1. The van der Waals surface area contributed by atoms with Crippen molar-refractivity contribution in [2.75, 3.05) is 0 Å². The molecule has 0 spiro atoms. The summed E-state index contributed by atoms with van der Waals surface area (Å²) in [7, 11) is 0. The second-order valence-corrected chi connectivity index (χ2v) is 6.74. The monoisotopic (exact) mass is 344 g/mol. The SMILES string of the molecule is Cc1ccncc1-c1nc(-c2cccc(Br)c2)c(C)s1. The van der Waals surface area contributed by atoms with Crippen LogP contribution in [0.1, 0.15) is 10.4 Å². The van der Waals surface area contributed by atoms with Crippen molar-refractivity contribution in [3.8, 4) is 21.8 Å². The molecule has 0 amide bonds. The van der Waals surface area contributed by atoms with E-state index in [0.29, 0.717) is 0 Å². The molecule has 20 heavy (non-hydrogen) atoms. The summed E-state index contributed by atoms with van der Waals surface area (Å²) in [6, 6.07) is 10.3. The predicted octanol–water partition coefficient (Wildman–Crippen LogP) is 5.25. The van der Waals surface area contributed by atoms with E-state index in [4.69, 9.17) is 4.98 Å². The molecule has 0 saturated carbocycles. The highest BCUT2D eigenvalue weighted by Gasteiger charge is 2.13. The van der Waals surface area contributed by atoms with Crippen molar-refractivity contribution in [3.05, 3.63) is 57.6 Å². The number of hydrogen-bond donors (Lipinski definition) is 0. The number of halogens is 1. The summed E-state index contributed by atoms with van der Waals surface area (Å²) >= 11 is 5.23. The third-order valence-electron chi connectivity index (χ3n) is 3.16. The Morgan fingerprint density at radius 2 is 2.00 bits per heavy atom. The van der Waals surface area contributed by atoms with Gasteiger partial charge in [0.2, 0.25) is 0 Å². The average molecular weight is 345 g/mol. The van der Waals surface area contributed by atoms with Crippen LogP contribution in [-0.4, -0.2) is 9.97 Å². The maximum absolute atomic E-state index is 4.81. The summed E-state index contributed by atoms with van der Waals surface area (Å²) in [5, 5.41) is 1.03. The first kappa shape index (κ1) is 13.5. The van der Waals surface area contributed by atoms with Crippen LogP contribution in [0.25, 0.3) is 21.8 Å². The quantitative estimate of drug-likeness (QED) is 0.634. The van der Waals surface area contributed by atoms with Gasteiger partial charge in [-0.15, -0.1) is 11.3 Å². The van der Waals surface area contributed by atoms with Gasteiger partial charge in [-0.1, -0.05) is 28.1 Å². The number of thiazole rings is 1. The summed E-state index contributed by atoms with van der Waals surface area (Å²) in [6.45, 7) is 4.20. The van der Waals surface area contributed by atoms with E-state index in [-0.39, 0.29) is 0 Å². The van der Waals surface area contributed by atoms with Crippen LogP contribution in [-0.2, 0) is 0 Å². The molecule has 0 atom stereocenters. The van der Waals surface area contributed by atoms with Gasteiger partial charge in [-0.2, -0.15) is 0 Å². The van der Waals surface area contributed by atoms with Crippen LogP contribution >= 0.6 is 27.3 Å². The topological polar surface area (TPSA) is 25.8 Å². The van der Waals surface area contributed by atoms with Crippen molar-refractivity contribution < 1.29 is 0 Å². The van der Waals surface area contributed by atoms with Crippen LogP contribution in [0.5, 0.6) is 0 Å². The Morgan fingerprint density at radius 3 is 2.75 bits per heavy atom. The minimum Gasteiger partial charge on any atom is -0.264 e. The molecular weight excluding hydrogens is 332 g/mol. The molecule has 0 saturated heterocycles. The van der Waals surface area contributed by atoms with Gasteiger partial charge in [0, 0.05) is 32.9 Å². The van der Waals surface area contributed by atoms with Crippen molar-refractivity contribution in [1.82, 2.24) is 9.97 Å². The maximum Gasteiger partial charge on any atom is 0.126 e. The number of pyridine rings is 1. The number of benzene rings is 1. The molecule has 100 valence electrons. The van der Waals surface area contributed by atoms with Gasteiger partial charge in [0.1, 0.15) is 5.01 Å². The molecule has 3 aromatic rings. The largest absolute Gasteiger partial charge is 0.264 e. The molecular formula is C16H13BrN2S. The highest BCUT2D eigenvalue weighted by atomic mass is 79.9. The molecule has 2 heterocycles. The lowest BCUT2D eigenvalue weighted by molar-refractivity contribution is 1.27. The highest BCUT2D eigenvalue weighted by Crippen LogP contribution is 2.34. The van der Waals surface area contributed by atoms with Crippen molar-refractivity contribution in [1.29, 1.82) is 0 Å². The third kappa shape index (κ3) is 2.53. The zero-order chi connectivity index (χ0) is 14.1. The van der Waals surface area contributed by atoms with Gasteiger partial charge in [0.25, 0.3) is 0 Å². The second-order valence-electron chi connectivity index (χ2n) is 4.62. The van der Waals surface area contributed by atoms with Gasteiger partial charge >= 0.3 is 0 Å². The molecule has 2 aromatic heterocycles. The van der Waals surface area contributed by atoms with Crippen molar-refractivity contribution in [2.45, 2.75) is 13.8 Å². The van der Waals surface area contributed by atoms with Gasteiger partial charge in [0.15, 0.2) is 0 Å². The van der Waals surface area contributed by atoms with E-state index in [0.717, 1.165) is 26.3 Å². The number of rotatable bonds is 2. The number of aromatic nitrogens is 2. The Hall–Kier alpha value is -1.52.